The van der Waals surface area contributed by atoms with Crippen LogP contribution in [0.15, 0.2) is 78.9 Å². The Hall–Kier alpha value is -2.76. The van der Waals surface area contributed by atoms with E-state index in [0.717, 1.165) is 16.9 Å². The summed E-state index contributed by atoms with van der Waals surface area (Å²) in [6.07, 6.45) is 0.447. The molecule has 0 aliphatic heterocycles. The lowest BCUT2D eigenvalue weighted by molar-refractivity contribution is -0.139. The predicted molar refractivity (Wildman–Crippen MR) is 137 cm³/mol. The van der Waals surface area contributed by atoms with Crippen molar-refractivity contribution in [1.82, 2.24) is 10.2 Å². The van der Waals surface area contributed by atoms with Crippen molar-refractivity contribution in [2.75, 3.05) is 12.8 Å². The SMILES string of the molecule is CNC(=O)[C@@H](Cc1ccccc1)N(Cc1ccc(Cl)cc1)C(=O)CSCc1cccc(C)c1. The molecule has 33 heavy (non-hydrogen) atoms. The summed E-state index contributed by atoms with van der Waals surface area (Å²) in [4.78, 5) is 28.0. The molecule has 6 heteroatoms. The number of carbonyl (C=O) groups is 2. The minimum Gasteiger partial charge on any atom is -0.357 e. The van der Waals surface area contributed by atoms with Crippen LogP contribution in [0, 0.1) is 6.92 Å². The fraction of sp³-hybridized carbons (Fsp3) is 0.259. The van der Waals surface area contributed by atoms with Crippen LogP contribution in [0.1, 0.15) is 22.3 Å². The van der Waals surface area contributed by atoms with Gasteiger partial charge in [-0.25, -0.2) is 0 Å². The quantitative estimate of drug-likeness (QED) is 0.430. The molecule has 4 nitrogen and oxygen atoms in total. The van der Waals surface area contributed by atoms with Crippen LogP contribution >= 0.6 is 23.4 Å². The lowest BCUT2D eigenvalue weighted by Crippen LogP contribution is -2.50. The number of nitrogens with zero attached hydrogens (tertiary/aromatic N) is 1. The Kier molecular flexibility index (Phi) is 9.40. The van der Waals surface area contributed by atoms with Crippen molar-refractivity contribution < 1.29 is 9.59 Å². The topological polar surface area (TPSA) is 49.4 Å². The first-order chi connectivity index (χ1) is 16.0. The molecule has 0 heterocycles. The molecule has 1 atom stereocenters. The van der Waals surface area contributed by atoms with E-state index in [1.165, 1.54) is 11.1 Å². The minimum absolute atomic E-state index is 0.0628. The first-order valence-corrected chi connectivity index (χ1v) is 12.4. The van der Waals surface area contributed by atoms with Gasteiger partial charge in [-0.3, -0.25) is 9.59 Å². The second-order valence-corrected chi connectivity index (χ2v) is 9.37. The van der Waals surface area contributed by atoms with Gasteiger partial charge in [0, 0.05) is 30.8 Å². The van der Waals surface area contributed by atoms with Crippen molar-refractivity contribution in [3.63, 3.8) is 0 Å². The molecule has 3 rings (SSSR count). The van der Waals surface area contributed by atoms with Gasteiger partial charge in [-0.2, -0.15) is 0 Å². The normalized spacial score (nSPS) is 11.6. The van der Waals surface area contributed by atoms with Gasteiger partial charge < -0.3 is 10.2 Å². The van der Waals surface area contributed by atoms with Crippen molar-refractivity contribution in [2.45, 2.75) is 31.7 Å². The van der Waals surface area contributed by atoms with Crippen LogP contribution in [0.4, 0.5) is 0 Å². The Morgan fingerprint density at radius 1 is 0.939 bits per heavy atom. The average Bonchev–Trinajstić information content (AvgIpc) is 2.82. The lowest BCUT2D eigenvalue weighted by Gasteiger charge is -2.31. The molecule has 0 unspecified atom stereocenters. The molecule has 0 saturated carbocycles. The van der Waals surface area contributed by atoms with E-state index in [4.69, 9.17) is 11.6 Å². The fourth-order valence-corrected chi connectivity index (χ4v) is 4.63. The van der Waals surface area contributed by atoms with E-state index in [2.05, 4.69) is 30.4 Å². The Morgan fingerprint density at radius 3 is 2.30 bits per heavy atom. The summed E-state index contributed by atoms with van der Waals surface area (Å²) in [6.45, 7) is 2.40. The van der Waals surface area contributed by atoms with Crippen LogP contribution in [0.5, 0.6) is 0 Å². The number of benzene rings is 3. The molecule has 3 aromatic carbocycles. The monoisotopic (exact) mass is 480 g/mol. The zero-order valence-electron chi connectivity index (χ0n) is 19.0. The molecule has 0 saturated heterocycles. The van der Waals surface area contributed by atoms with E-state index >= 15 is 0 Å². The average molecular weight is 481 g/mol. The number of hydrogen-bond donors (Lipinski definition) is 1. The molecule has 0 aromatic heterocycles. The van der Waals surface area contributed by atoms with Gasteiger partial charge in [0.25, 0.3) is 0 Å². The number of thioether (sulfide) groups is 1. The number of aryl methyl sites for hydroxylation is 1. The molecular weight excluding hydrogens is 452 g/mol. The number of halogens is 1. The van der Waals surface area contributed by atoms with Crippen LogP contribution in [0.3, 0.4) is 0 Å². The number of nitrogens with one attached hydrogen (secondary N) is 1. The van der Waals surface area contributed by atoms with Gasteiger partial charge in [-0.05, 0) is 35.7 Å². The number of amides is 2. The van der Waals surface area contributed by atoms with E-state index in [-0.39, 0.29) is 11.8 Å². The number of likely N-dealkylation sites (N-methyl/N-ethyl adjacent to an activating group) is 1. The first-order valence-electron chi connectivity index (χ1n) is 10.9. The molecule has 0 bridgehead atoms. The van der Waals surface area contributed by atoms with Crippen molar-refractivity contribution in [1.29, 1.82) is 0 Å². The Bertz CT molecular complexity index is 1060. The molecule has 0 fully saturated rings. The van der Waals surface area contributed by atoms with Crippen molar-refractivity contribution in [3.8, 4) is 0 Å². The van der Waals surface area contributed by atoms with Gasteiger partial charge in [-0.15, -0.1) is 11.8 Å². The fourth-order valence-electron chi connectivity index (χ4n) is 3.65. The summed E-state index contributed by atoms with van der Waals surface area (Å²) in [5.74, 6) is 0.798. The third kappa shape index (κ3) is 7.65. The van der Waals surface area contributed by atoms with Crippen molar-refractivity contribution >= 4 is 35.2 Å². The van der Waals surface area contributed by atoms with Crippen LogP contribution < -0.4 is 5.32 Å². The van der Waals surface area contributed by atoms with Crippen LogP contribution in [0.2, 0.25) is 5.02 Å². The highest BCUT2D eigenvalue weighted by Gasteiger charge is 2.29. The highest BCUT2D eigenvalue weighted by molar-refractivity contribution is 7.99. The molecule has 0 aliphatic rings. The molecule has 0 spiro atoms. The molecule has 2 amide bonds. The predicted octanol–water partition coefficient (Wildman–Crippen LogP) is 5.27. The molecule has 0 radical (unpaired) electrons. The highest BCUT2D eigenvalue weighted by Crippen LogP contribution is 2.19. The largest absolute Gasteiger partial charge is 0.357 e. The zero-order valence-corrected chi connectivity index (χ0v) is 20.5. The van der Waals surface area contributed by atoms with Gasteiger partial charge in [0.2, 0.25) is 11.8 Å². The van der Waals surface area contributed by atoms with Crippen molar-refractivity contribution in [2.24, 2.45) is 0 Å². The Balaban J connectivity index is 1.80. The number of carbonyl (C=O) groups excluding carboxylic acids is 2. The van der Waals surface area contributed by atoms with Gasteiger partial charge in [0.1, 0.15) is 6.04 Å². The lowest BCUT2D eigenvalue weighted by atomic mass is 10.0. The van der Waals surface area contributed by atoms with Crippen LogP contribution in [-0.2, 0) is 28.3 Å². The smallest absolute Gasteiger partial charge is 0.242 e. The van der Waals surface area contributed by atoms with E-state index < -0.39 is 6.04 Å². The summed E-state index contributed by atoms with van der Waals surface area (Å²) in [7, 11) is 1.61. The summed E-state index contributed by atoms with van der Waals surface area (Å²) in [5, 5.41) is 3.38. The van der Waals surface area contributed by atoms with Crippen LogP contribution in [-0.4, -0.2) is 35.6 Å². The first kappa shape index (κ1) is 24.9. The maximum Gasteiger partial charge on any atom is 0.242 e. The zero-order chi connectivity index (χ0) is 23.6. The summed E-state index contributed by atoms with van der Waals surface area (Å²) in [6, 6.07) is 24.9. The van der Waals surface area contributed by atoms with E-state index in [9.17, 15) is 9.59 Å². The summed E-state index contributed by atoms with van der Waals surface area (Å²) in [5.41, 5.74) is 4.32. The standard InChI is InChI=1S/C27H29ClN2O2S/c1-20-7-6-10-23(15-20)18-33-19-26(31)30(17-22-11-13-24(28)14-12-22)25(27(32)29-2)16-21-8-4-3-5-9-21/h3-15,25H,16-19H2,1-2H3,(H,29,32)/t25-/m1/s1. The highest BCUT2D eigenvalue weighted by atomic mass is 35.5. The third-order valence-electron chi connectivity index (χ3n) is 5.36. The summed E-state index contributed by atoms with van der Waals surface area (Å²) < 4.78 is 0. The molecule has 0 aliphatic carbocycles. The minimum atomic E-state index is -0.611. The van der Waals surface area contributed by atoms with Gasteiger partial charge in [0.05, 0.1) is 5.75 Å². The molecule has 172 valence electrons. The van der Waals surface area contributed by atoms with Crippen LogP contribution in [0.25, 0.3) is 0 Å². The van der Waals surface area contributed by atoms with Gasteiger partial charge in [-0.1, -0.05) is 83.9 Å². The van der Waals surface area contributed by atoms with Gasteiger partial charge in [0.15, 0.2) is 0 Å². The Labute approximate surface area is 205 Å². The van der Waals surface area contributed by atoms with E-state index in [1.54, 1.807) is 35.8 Å². The Morgan fingerprint density at radius 2 is 1.64 bits per heavy atom. The molecule has 3 aromatic rings. The van der Waals surface area contributed by atoms with Gasteiger partial charge >= 0.3 is 0 Å². The van der Waals surface area contributed by atoms with E-state index in [1.807, 2.05) is 48.5 Å². The van der Waals surface area contributed by atoms with Crippen molar-refractivity contribution in [3.05, 3.63) is 106 Å². The number of rotatable bonds is 10. The number of hydrogen-bond acceptors (Lipinski definition) is 3. The molecule has 1 N–H and O–H groups in total. The summed E-state index contributed by atoms with van der Waals surface area (Å²) >= 11 is 7.61. The maximum absolute atomic E-state index is 13.4. The second kappa shape index (κ2) is 12.5. The van der Waals surface area contributed by atoms with E-state index in [0.29, 0.717) is 23.7 Å². The molecular formula is C27H29ClN2O2S. The second-order valence-electron chi connectivity index (χ2n) is 7.95. The maximum atomic E-state index is 13.4. The third-order valence-corrected chi connectivity index (χ3v) is 6.60.